The molecule has 4 aromatic rings. The molecule has 2 aromatic heterocycles. The van der Waals surface area contributed by atoms with E-state index in [0.29, 0.717) is 5.13 Å². The zero-order valence-electron chi connectivity index (χ0n) is 16.5. The minimum Gasteiger partial charge on any atom is -0.302 e. The van der Waals surface area contributed by atoms with Gasteiger partial charge in [-0.05, 0) is 44.0 Å². The summed E-state index contributed by atoms with van der Waals surface area (Å²) >= 11 is 2.87. The van der Waals surface area contributed by atoms with E-state index in [4.69, 9.17) is 0 Å². The Morgan fingerprint density at radius 3 is 2.79 bits per heavy atom. The van der Waals surface area contributed by atoms with Gasteiger partial charge in [0, 0.05) is 12.1 Å². The summed E-state index contributed by atoms with van der Waals surface area (Å²) in [7, 11) is 0. The molecule has 6 nitrogen and oxygen atoms in total. The first kappa shape index (κ1) is 19.6. The van der Waals surface area contributed by atoms with Crippen molar-refractivity contribution in [1.29, 1.82) is 0 Å². The van der Waals surface area contributed by atoms with Crippen LogP contribution in [0.25, 0.3) is 21.6 Å². The van der Waals surface area contributed by atoms with Crippen LogP contribution in [0, 0.1) is 13.8 Å². The van der Waals surface area contributed by atoms with Gasteiger partial charge in [0.05, 0.1) is 16.0 Å². The van der Waals surface area contributed by atoms with E-state index >= 15 is 0 Å². The van der Waals surface area contributed by atoms with E-state index in [1.807, 2.05) is 41.8 Å². The Kier molecular flexibility index (Phi) is 5.64. The van der Waals surface area contributed by atoms with Gasteiger partial charge in [0.1, 0.15) is 0 Å². The Balaban J connectivity index is 1.45. The fourth-order valence-electron chi connectivity index (χ4n) is 3.07. The molecule has 0 fully saturated rings. The van der Waals surface area contributed by atoms with E-state index in [2.05, 4.69) is 46.5 Å². The topological polar surface area (TPSA) is 72.7 Å². The smallest absolute Gasteiger partial charge is 0.236 e. The highest BCUT2D eigenvalue weighted by Gasteiger charge is 2.16. The molecule has 2 heterocycles. The van der Waals surface area contributed by atoms with Crippen LogP contribution in [0.4, 0.5) is 5.13 Å². The maximum atomic E-state index is 12.4. The van der Waals surface area contributed by atoms with E-state index < -0.39 is 0 Å². The Labute approximate surface area is 177 Å². The quantitative estimate of drug-likeness (QED) is 0.446. The molecular formula is C21H21N5OS2. The minimum absolute atomic E-state index is 0.103. The third-order valence-electron chi connectivity index (χ3n) is 4.54. The summed E-state index contributed by atoms with van der Waals surface area (Å²) in [5, 5.41) is 12.9. The molecule has 8 heteroatoms. The van der Waals surface area contributed by atoms with Gasteiger partial charge in [-0.15, -0.1) is 10.2 Å². The Hall–Kier alpha value is -2.71. The molecule has 4 rings (SSSR count). The van der Waals surface area contributed by atoms with Crippen LogP contribution in [0.3, 0.4) is 0 Å². The summed E-state index contributed by atoms with van der Waals surface area (Å²) in [6.45, 7) is 6.89. The lowest BCUT2D eigenvalue weighted by Crippen LogP contribution is -2.14. The number of benzene rings is 2. The average Bonchev–Trinajstić information content (AvgIpc) is 3.29. The Bertz CT molecular complexity index is 1180. The molecule has 0 spiro atoms. The Morgan fingerprint density at radius 1 is 1.17 bits per heavy atom. The van der Waals surface area contributed by atoms with Crippen molar-refractivity contribution in [2.75, 3.05) is 11.1 Å². The zero-order chi connectivity index (χ0) is 20.4. The molecule has 0 atom stereocenters. The first-order valence-corrected chi connectivity index (χ1v) is 11.1. The van der Waals surface area contributed by atoms with E-state index in [-0.39, 0.29) is 11.7 Å². The number of rotatable bonds is 6. The van der Waals surface area contributed by atoms with E-state index in [9.17, 15) is 4.79 Å². The van der Waals surface area contributed by atoms with Crippen molar-refractivity contribution < 1.29 is 4.79 Å². The van der Waals surface area contributed by atoms with Gasteiger partial charge < -0.3 is 9.88 Å². The second-order valence-corrected chi connectivity index (χ2v) is 8.67. The normalized spacial score (nSPS) is 11.1. The number of hydrogen-bond acceptors (Lipinski definition) is 6. The number of hydrogen-bond donors (Lipinski definition) is 1. The molecule has 1 N–H and O–H groups in total. The Morgan fingerprint density at radius 2 is 2.00 bits per heavy atom. The van der Waals surface area contributed by atoms with Crippen LogP contribution in [-0.2, 0) is 11.3 Å². The summed E-state index contributed by atoms with van der Waals surface area (Å²) in [4.78, 5) is 16.9. The lowest BCUT2D eigenvalue weighted by molar-refractivity contribution is -0.113. The van der Waals surface area contributed by atoms with Crippen molar-refractivity contribution in [3.8, 4) is 11.4 Å². The van der Waals surface area contributed by atoms with E-state index in [0.717, 1.165) is 38.9 Å². The number of thioether (sulfide) groups is 1. The number of thiazole rings is 1. The summed E-state index contributed by atoms with van der Waals surface area (Å²) in [5.74, 6) is 0.977. The summed E-state index contributed by atoms with van der Waals surface area (Å²) in [5.41, 5.74) is 4.29. The number of nitrogens with one attached hydrogen (secondary N) is 1. The third-order valence-corrected chi connectivity index (χ3v) is 6.44. The fraction of sp³-hybridized carbons (Fsp3) is 0.238. The van der Waals surface area contributed by atoms with Crippen molar-refractivity contribution >= 4 is 44.4 Å². The summed E-state index contributed by atoms with van der Waals surface area (Å²) in [6, 6.07) is 14.2. The van der Waals surface area contributed by atoms with Gasteiger partial charge in [-0.25, -0.2) is 4.98 Å². The second kappa shape index (κ2) is 8.34. The van der Waals surface area contributed by atoms with Gasteiger partial charge in [0.25, 0.3) is 0 Å². The van der Waals surface area contributed by atoms with Gasteiger partial charge in [0.2, 0.25) is 5.91 Å². The van der Waals surface area contributed by atoms with Crippen molar-refractivity contribution in [3.63, 3.8) is 0 Å². The van der Waals surface area contributed by atoms with Gasteiger partial charge in [-0.2, -0.15) is 0 Å². The maximum absolute atomic E-state index is 12.4. The number of carbonyl (C=O) groups is 1. The monoisotopic (exact) mass is 423 g/mol. The number of fused-ring (bicyclic) bond motifs is 1. The van der Waals surface area contributed by atoms with E-state index in [1.54, 1.807) is 0 Å². The lowest BCUT2D eigenvalue weighted by atomic mass is 10.1. The minimum atomic E-state index is -0.103. The number of carbonyl (C=O) groups excluding carboxylic acids is 1. The molecule has 0 aliphatic heterocycles. The molecule has 0 saturated heterocycles. The molecule has 0 unspecified atom stereocenters. The predicted molar refractivity (Wildman–Crippen MR) is 120 cm³/mol. The molecule has 2 aromatic carbocycles. The highest BCUT2D eigenvalue weighted by Crippen LogP contribution is 2.28. The van der Waals surface area contributed by atoms with Gasteiger partial charge >= 0.3 is 0 Å². The number of amides is 1. The molecule has 1 amide bonds. The largest absolute Gasteiger partial charge is 0.302 e. The van der Waals surface area contributed by atoms with Crippen LogP contribution in [0.1, 0.15) is 18.1 Å². The second-order valence-electron chi connectivity index (χ2n) is 6.69. The van der Waals surface area contributed by atoms with Crippen molar-refractivity contribution in [1.82, 2.24) is 19.7 Å². The maximum Gasteiger partial charge on any atom is 0.236 e. The molecule has 0 bridgehead atoms. The van der Waals surface area contributed by atoms with Crippen LogP contribution < -0.4 is 5.32 Å². The SMILES string of the molecule is CCn1c(SCC(=O)Nc2nc3ccc(C)cc3s2)nnc1-c1ccccc1C. The first-order chi connectivity index (χ1) is 14.0. The molecule has 148 valence electrons. The van der Waals surface area contributed by atoms with Crippen LogP contribution in [0.2, 0.25) is 0 Å². The molecule has 29 heavy (non-hydrogen) atoms. The summed E-state index contributed by atoms with van der Waals surface area (Å²) in [6.07, 6.45) is 0. The molecule has 0 aliphatic rings. The van der Waals surface area contributed by atoms with Gasteiger partial charge in [-0.1, -0.05) is 53.4 Å². The predicted octanol–water partition coefficient (Wildman–Crippen LogP) is 4.92. The number of nitrogens with zero attached hydrogens (tertiary/aromatic N) is 4. The number of anilines is 1. The van der Waals surface area contributed by atoms with Crippen molar-refractivity contribution in [2.24, 2.45) is 0 Å². The van der Waals surface area contributed by atoms with Gasteiger partial charge in [0.15, 0.2) is 16.1 Å². The molecule has 0 saturated carbocycles. The molecule has 0 aliphatic carbocycles. The number of aryl methyl sites for hydroxylation is 2. The number of aromatic nitrogens is 4. The lowest BCUT2D eigenvalue weighted by Gasteiger charge is -2.09. The average molecular weight is 424 g/mol. The van der Waals surface area contributed by atoms with E-state index in [1.165, 1.54) is 28.7 Å². The van der Waals surface area contributed by atoms with Crippen molar-refractivity contribution in [2.45, 2.75) is 32.5 Å². The fourth-order valence-corrected chi connectivity index (χ4v) is 4.86. The highest BCUT2D eigenvalue weighted by atomic mass is 32.2. The highest BCUT2D eigenvalue weighted by molar-refractivity contribution is 7.99. The molecular weight excluding hydrogens is 402 g/mol. The van der Waals surface area contributed by atoms with Crippen LogP contribution >= 0.6 is 23.1 Å². The standard InChI is InChI=1S/C21H21N5OS2/c1-4-26-19(15-8-6-5-7-14(15)3)24-25-21(26)28-12-18(27)23-20-22-16-10-9-13(2)11-17(16)29-20/h5-11H,4,12H2,1-3H3,(H,22,23,27). The summed E-state index contributed by atoms with van der Waals surface area (Å²) < 4.78 is 3.11. The van der Waals surface area contributed by atoms with Crippen molar-refractivity contribution in [3.05, 3.63) is 53.6 Å². The van der Waals surface area contributed by atoms with Crippen LogP contribution in [-0.4, -0.2) is 31.4 Å². The third kappa shape index (κ3) is 4.18. The van der Waals surface area contributed by atoms with Crippen LogP contribution in [0.5, 0.6) is 0 Å². The van der Waals surface area contributed by atoms with Crippen LogP contribution in [0.15, 0.2) is 47.6 Å². The zero-order valence-corrected chi connectivity index (χ0v) is 18.1. The first-order valence-electron chi connectivity index (χ1n) is 9.34. The molecule has 0 radical (unpaired) electrons. The van der Waals surface area contributed by atoms with Gasteiger partial charge in [-0.3, -0.25) is 4.79 Å².